The first-order valence-electron chi connectivity index (χ1n) is 6.90. The first kappa shape index (κ1) is 12.5. The Bertz CT molecular complexity index is 918. The van der Waals surface area contributed by atoms with Crippen molar-refractivity contribution < 1.29 is 4.74 Å². The minimum absolute atomic E-state index is 0.562. The molecule has 0 radical (unpaired) electrons. The van der Waals surface area contributed by atoms with Crippen LogP contribution in [0.4, 0.5) is 0 Å². The monoisotopic (exact) mass is 288 g/mol. The molecule has 0 aliphatic rings. The number of para-hydroxylation sites is 2. The molecule has 5 heteroatoms. The van der Waals surface area contributed by atoms with Crippen molar-refractivity contribution in [1.82, 2.24) is 19.6 Å². The summed E-state index contributed by atoms with van der Waals surface area (Å²) in [4.78, 5) is 4.19. The molecule has 0 spiro atoms. The zero-order valence-electron chi connectivity index (χ0n) is 11.6. The summed E-state index contributed by atoms with van der Waals surface area (Å²) in [6.45, 7) is 0. The van der Waals surface area contributed by atoms with Gasteiger partial charge in [0.1, 0.15) is 11.5 Å². The van der Waals surface area contributed by atoms with Gasteiger partial charge < -0.3 is 4.74 Å². The number of benzene rings is 2. The van der Waals surface area contributed by atoms with Crippen molar-refractivity contribution in [2.45, 2.75) is 0 Å². The van der Waals surface area contributed by atoms with Crippen LogP contribution in [0.3, 0.4) is 0 Å². The third kappa shape index (κ3) is 2.18. The molecule has 0 atom stereocenters. The maximum atomic E-state index is 5.98. The molecule has 4 aromatic rings. The van der Waals surface area contributed by atoms with Gasteiger partial charge in [-0.15, -0.1) is 10.2 Å². The molecule has 22 heavy (non-hydrogen) atoms. The van der Waals surface area contributed by atoms with Crippen LogP contribution in [-0.2, 0) is 0 Å². The lowest BCUT2D eigenvalue weighted by Gasteiger charge is -2.09. The van der Waals surface area contributed by atoms with Crippen LogP contribution < -0.4 is 4.74 Å². The highest BCUT2D eigenvalue weighted by Gasteiger charge is 2.13. The third-order valence-corrected chi connectivity index (χ3v) is 3.29. The zero-order valence-corrected chi connectivity index (χ0v) is 11.6. The number of aromatic nitrogens is 4. The molecule has 0 saturated heterocycles. The Morgan fingerprint density at radius 2 is 1.64 bits per heavy atom. The van der Waals surface area contributed by atoms with Crippen LogP contribution >= 0.6 is 0 Å². The Balaban J connectivity index is 1.82. The molecule has 2 aromatic carbocycles. The number of rotatable bonds is 3. The highest BCUT2D eigenvalue weighted by molar-refractivity contribution is 5.66. The Morgan fingerprint density at radius 1 is 0.818 bits per heavy atom. The normalized spacial score (nSPS) is 10.7. The van der Waals surface area contributed by atoms with E-state index in [2.05, 4.69) is 15.2 Å². The molecule has 5 nitrogen and oxygen atoms in total. The molecule has 0 aliphatic carbocycles. The first-order chi connectivity index (χ1) is 10.9. The van der Waals surface area contributed by atoms with Gasteiger partial charge in [-0.25, -0.2) is 4.98 Å². The predicted molar refractivity (Wildman–Crippen MR) is 82.7 cm³/mol. The highest BCUT2D eigenvalue weighted by atomic mass is 16.5. The molecule has 0 saturated carbocycles. The van der Waals surface area contributed by atoms with Crippen molar-refractivity contribution in [2.24, 2.45) is 0 Å². The topological polar surface area (TPSA) is 52.3 Å². The molecule has 4 rings (SSSR count). The molecule has 0 amide bonds. The summed E-state index contributed by atoms with van der Waals surface area (Å²) in [6.07, 6.45) is 3.58. The molecule has 0 aliphatic heterocycles. The van der Waals surface area contributed by atoms with Gasteiger partial charge in [0.05, 0.1) is 5.56 Å². The van der Waals surface area contributed by atoms with Crippen molar-refractivity contribution in [1.29, 1.82) is 0 Å². The van der Waals surface area contributed by atoms with Crippen LogP contribution in [0.25, 0.3) is 17.2 Å². The van der Waals surface area contributed by atoms with Crippen LogP contribution in [0.5, 0.6) is 11.5 Å². The minimum atomic E-state index is 0.562. The molecule has 2 aromatic heterocycles. The molecular weight excluding hydrogens is 276 g/mol. The number of nitrogens with zero attached hydrogens (tertiary/aromatic N) is 4. The average molecular weight is 288 g/mol. The van der Waals surface area contributed by atoms with Gasteiger partial charge in [0.25, 0.3) is 5.78 Å². The van der Waals surface area contributed by atoms with E-state index in [1.54, 1.807) is 6.20 Å². The molecule has 0 N–H and O–H groups in total. The van der Waals surface area contributed by atoms with Crippen molar-refractivity contribution >= 4 is 5.78 Å². The summed E-state index contributed by atoms with van der Waals surface area (Å²) >= 11 is 0. The van der Waals surface area contributed by atoms with Gasteiger partial charge in [0.15, 0.2) is 5.82 Å². The highest BCUT2D eigenvalue weighted by Crippen LogP contribution is 2.32. The summed E-state index contributed by atoms with van der Waals surface area (Å²) in [5.74, 6) is 2.77. The van der Waals surface area contributed by atoms with Crippen LogP contribution in [0.15, 0.2) is 73.1 Å². The van der Waals surface area contributed by atoms with E-state index in [0.29, 0.717) is 11.6 Å². The van der Waals surface area contributed by atoms with E-state index >= 15 is 0 Å². The largest absolute Gasteiger partial charge is 0.457 e. The van der Waals surface area contributed by atoms with Gasteiger partial charge in [-0.2, -0.15) is 0 Å². The lowest BCUT2D eigenvalue weighted by atomic mass is 10.2. The Labute approximate surface area is 126 Å². The maximum absolute atomic E-state index is 5.98. The van der Waals surface area contributed by atoms with E-state index in [1.807, 2.05) is 71.3 Å². The van der Waals surface area contributed by atoms with E-state index in [-0.39, 0.29) is 0 Å². The Morgan fingerprint density at radius 3 is 2.55 bits per heavy atom. The number of hydrogen-bond donors (Lipinski definition) is 0. The van der Waals surface area contributed by atoms with E-state index in [9.17, 15) is 0 Å². The van der Waals surface area contributed by atoms with E-state index in [0.717, 1.165) is 17.1 Å². The smallest absolute Gasteiger partial charge is 0.255 e. The molecule has 0 fully saturated rings. The van der Waals surface area contributed by atoms with E-state index < -0.39 is 0 Å². The van der Waals surface area contributed by atoms with Gasteiger partial charge in [0.2, 0.25) is 0 Å². The second-order valence-electron chi connectivity index (χ2n) is 4.72. The summed E-state index contributed by atoms with van der Waals surface area (Å²) in [5.41, 5.74) is 0.867. The predicted octanol–water partition coefficient (Wildman–Crippen LogP) is 3.58. The molecule has 0 bridgehead atoms. The lowest BCUT2D eigenvalue weighted by molar-refractivity contribution is 0.484. The summed E-state index contributed by atoms with van der Waals surface area (Å²) in [5, 5.41) is 8.33. The summed E-state index contributed by atoms with van der Waals surface area (Å²) < 4.78 is 7.82. The van der Waals surface area contributed by atoms with Gasteiger partial charge in [-0.3, -0.25) is 4.40 Å². The molecule has 106 valence electrons. The van der Waals surface area contributed by atoms with Gasteiger partial charge in [-0.1, -0.05) is 30.3 Å². The van der Waals surface area contributed by atoms with Crippen molar-refractivity contribution in [3.05, 3.63) is 73.1 Å². The Hall–Kier alpha value is -3.21. The minimum Gasteiger partial charge on any atom is -0.457 e. The third-order valence-electron chi connectivity index (χ3n) is 3.29. The molecule has 0 unspecified atom stereocenters. The van der Waals surface area contributed by atoms with E-state index in [4.69, 9.17) is 4.74 Å². The fraction of sp³-hybridized carbons (Fsp3) is 0. The van der Waals surface area contributed by atoms with Crippen molar-refractivity contribution in [3.8, 4) is 22.9 Å². The summed E-state index contributed by atoms with van der Waals surface area (Å²) in [6, 6.07) is 19.3. The lowest BCUT2D eigenvalue weighted by Crippen LogP contribution is -1.93. The van der Waals surface area contributed by atoms with Gasteiger partial charge in [-0.05, 0) is 30.3 Å². The molecule has 2 heterocycles. The van der Waals surface area contributed by atoms with E-state index in [1.165, 1.54) is 0 Å². The number of fused-ring (bicyclic) bond motifs is 1. The van der Waals surface area contributed by atoms with Crippen LogP contribution in [0.1, 0.15) is 0 Å². The standard InChI is InChI=1S/C17H12N4O/c1-2-7-13(8-3-1)22-15-10-5-4-9-14(15)16-19-20-17-18-11-6-12-21(16)17/h1-12H. The maximum Gasteiger partial charge on any atom is 0.255 e. The van der Waals surface area contributed by atoms with Crippen molar-refractivity contribution in [2.75, 3.05) is 0 Å². The fourth-order valence-electron chi connectivity index (χ4n) is 2.28. The van der Waals surface area contributed by atoms with Crippen molar-refractivity contribution in [3.63, 3.8) is 0 Å². The van der Waals surface area contributed by atoms with Gasteiger partial charge >= 0.3 is 0 Å². The zero-order chi connectivity index (χ0) is 14.8. The van der Waals surface area contributed by atoms with Crippen LogP contribution in [0, 0.1) is 0 Å². The van der Waals surface area contributed by atoms with Gasteiger partial charge in [0, 0.05) is 12.4 Å². The second-order valence-corrected chi connectivity index (χ2v) is 4.72. The Kier molecular flexibility index (Phi) is 3.01. The molecular formula is C17H12N4O. The van der Waals surface area contributed by atoms with Crippen LogP contribution in [-0.4, -0.2) is 19.6 Å². The SMILES string of the molecule is c1ccc(Oc2ccccc2-c2nnc3ncccn23)cc1. The quantitative estimate of drug-likeness (QED) is 0.578. The number of hydrogen-bond acceptors (Lipinski definition) is 4. The summed E-state index contributed by atoms with van der Waals surface area (Å²) in [7, 11) is 0. The fourth-order valence-corrected chi connectivity index (χ4v) is 2.28. The van der Waals surface area contributed by atoms with Crippen LogP contribution in [0.2, 0.25) is 0 Å². The second kappa shape index (κ2) is 5.29. The average Bonchev–Trinajstić information content (AvgIpc) is 3.00. The first-order valence-corrected chi connectivity index (χ1v) is 6.90. The number of ether oxygens (including phenoxy) is 1.